The number of esters is 1. The smallest absolute Gasteiger partial charge is 0.320 e. The monoisotopic (exact) mass is 292 g/mol. The van der Waals surface area contributed by atoms with Gasteiger partial charge in [0.15, 0.2) is 5.78 Å². The number of Topliss-reactive ketones (excluding diaryl/α,β-unsaturated/α-hetero) is 1. The average Bonchev–Trinajstić information content (AvgIpc) is 2.86. The maximum atomic E-state index is 12.5. The minimum absolute atomic E-state index is 0.0483. The van der Waals surface area contributed by atoms with Gasteiger partial charge in [-0.2, -0.15) is 0 Å². The molecule has 0 heterocycles. The van der Waals surface area contributed by atoms with Crippen LogP contribution in [0.5, 0.6) is 0 Å². The maximum Gasteiger partial charge on any atom is 0.320 e. The molecule has 1 aliphatic carbocycles. The summed E-state index contributed by atoms with van der Waals surface area (Å²) in [7, 11) is 0. The second-order valence-corrected chi connectivity index (χ2v) is 5.70. The van der Waals surface area contributed by atoms with E-state index < -0.39 is 5.41 Å². The third kappa shape index (κ3) is 4.55. The zero-order valence-electron chi connectivity index (χ0n) is 13.6. The van der Waals surface area contributed by atoms with Gasteiger partial charge in [-0.05, 0) is 44.6 Å². The van der Waals surface area contributed by atoms with Gasteiger partial charge in [-0.25, -0.2) is 0 Å². The Bertz CT molecular complexity index is 420. The fourth-order valence-corrected chi connectivity index (χ4v) is 2.70. The van der Waals surface area contributed by atoms with Crippen LogP contribution in [0.1, 0.15) is 65.7 Å². The minimum atomic E-state index is -0.920. The zero-order valence-corrected chi connectivity index (χ0v) is 13.6. The number of allylic oxidation sites excluding steroid dienone is 3. The van der Waals surface area contributed by atoms with Crippen molar-refractivity contribution in [2.24, 2.45) is 5.41 Å². The van der Waals surface area contributed by atoms with Crippen LogP contribution in [-0.4, -0.2) is 18.4 Å². The second kappa shape index (κ2) is 8.81. The number of ketones is 1. The molecule has 0 saturated heterocycles. The van der Waals surface area contributed by atoms with Crippen molar-refractivity contribution >= 4 is 11.8 Å². The standard InChI is InChI=1S/C18H28O3/c1-4-7-8-9-12-18(13-10-11-16(18)19)17(20)21-14-15(5-2)6-3/h5,8-9H,4,6-7,10-14H2,1-3H3. The van der Waals surface area contributed by atoms with E-state index in [1.165, 1.54) is 0 Å². The van der Waals surface area contributed by atoms with Gasteiger partial charge in [-0.3, -0.25) is 9.59 Å². The van der Waals surface area contributed by atoms with Gasteiger partial charge in [-0.1, -0.05) is 38.5 Å². The number of hydrogen-bond donors (Lipinski definition) is 0. The van der Waals surface area contributed by atoms with E-state index in [4.69, 9.17) is 4.74 Å². The van der Waals surface area contributed by atoms with E-state index in [-0.39, 0.29) is 11.8 Å². The molecule has 0 N–H and O–H groups in total. The Morgan fingerprint density at radius 3 is 2.62 bits per heavy atom. The Hall–Kier alpha value is -1.38. The van der Waals surface area contributed by atoms with Gasteiger partial charge in [0.2, 0.25) is 0 Å². The number of hydrogen-bond acceptors (Lipinski definition) is 3. The predicted octanol–water partition coefficient (Wildman–Crippen LogP) is 4.37. The van der Waals surface area contributed by atoms with Crippen molar-refractivity contribution in [3.63, 3.8) is 0 Å². The fourth-order valence-electron chi connectivity index (χ4n) is 2.70. The van der Waals surface area contributed by atoms with Crippen LogP contribution in [0.2, 0.25) is 0 Å². The highest BCUT2D eigenvalue weighted by molar-refractivity contribution is 6.05. The molecule has 3 nitrogen and oxygen atoms in total. The first-order chi connectivity index (χ1) is 10.1. The number of unbranched alkanes of at least 4 members (excludes halogenated alkanes) is 1. The first-order valence-electron chi connectivity index (χ1n) is 8.10. The van der Waals surface area contributed by atoms with Crippen LogP contribution < -0.4 is 0 Å². The lowest BCUT2D eigenvalue weighted by atomic mass is 9.81. The van der Waals surface area contributed by atoms with Crippen molar-refractivity contribution in [1.29, 1.82) is 0 Å². The van der Waals surface area contributed by atoms with Crippen molar-refractivity contribution in [1.82, 2.24) is 0 Å². The summed E-state index contributed by atoms with van der Waals surface area (Å²) in [5.74, 6) is -0.286. The van der Waals surface area contributed by atoms with E-state index in [2.05, 4.69) is 13.0 Å². The van der Waals surface area contributed by atoms with Gasteiger partial charge < -0.3 is 4.74 Å². The number of rotatable bonds is 8. The summed E-state index contributed by atoms with van der Waals surface area (Å²) in [5, 5.41) is 0. The first-order valence-corrected chi connectivity index (χ1v) is 8.10. The van der Waals surface area contributed by atoms with Crippen LogP contribution in [-0.2, 0) is 14.3 Å². The van der Waals surface area contributed by atoms with Crippen LogP contribution in [0.15, 0.2) is 23.8 Å². The van der Waals surface area contributed by atoms with E-state index in [0.29, 0.717) is 25.9 Å². The van der Waals surface area contributed by atoms with Crippen molar-refractivity contribution in [2.45, 2.75) is 65.7 Å². The van der Waals surface area contributed by atoms with Gasteiger partial charge in [0.1, 0.15) is 12.0 Å². The van der Waals surface area contributed by atoms with Crippen LogP contribution in [0, 0.1) is 5.41 Å². The lowest BCUT2D eigenvalue weighted by molar-refractivity contribution is -0.158. The van der Waals surface area contributed by atoms with Crippen LogP contribution >= 0.6 is 0 Å². The number of ether oxygens (including phenoxy) is 1. The zero-order chi connectivity index (χ0) is 15.7. The quantitative estimate of drug-likeness (QED) is 0.379. The summed E-state index contributed by atoms with van der Waals surface area (Å²) in [6.45, 7) is 6.39. The Labute approximate surface area is 128 Å². The van der Waals surface area contributed by atoms with Crippen LogP contribution in [0.3, 0.4) is 0 Å². The van der Waals surface area contributed by atoms with Gasteiger partial charge in [0, 0.05) is 6.42 Å². The second-order valence-electron chi connectivity index (χ2n) is 5.70. The summed E-state index contributed by atoms with van der Waals surface area (Å²) >= 11 is 0. The van der Waals surface area contributed by atoms with E-state index in [1.807, 2.05) is 26.0 Å². The summed E-state index contributed by atoms with van der Waals surface area (Å²) in [4.78, 5) is 24.7. The third-order valence-corrected chi connectivity index (χ3v) is 4.27. The molecule has 0 aromatic carbocycles. The molecule has 21 heavy (non-hydrogen) atoms. The molecule has 3 heteroatoms. The van der Waals surface area contributed by atoms with Crippen molar-refractivity contribution in [2.75, 3.05) is 6.61 Å². The highest BCUT2D eigenvalue weighted by Crippen LogP contribution is 2.39. The predicted molar refractivity (Wildman–Crippen MR) is 85.0 cm³/mol. The van der Waals surface area contributed by atoms with Crippen LogP contribution in [0.25, 0.3) is 0 Å². The Kier molecular flexibility index (Phi) is 7.41. The Morgan fingerprint density at radius 2 is 2.10 bits per heavy atom. The molecule has 0 amide bonds. The molecule has 0 aliphatic heterocycles. The van der Waals surface area contributed by atoms with Gasteiger partial charge in [-0.15, -0.1) is 0 Å². The third-order valence-electron chi connectivity index (χ3n) is 4.27. The van der Waals surface area contributed by atoms with Gasteiger partial charge in [0.05, 0.1) is 0 Å². The van der Waals surface area contributed by atoms with E-state index in [9.17, 15) is 9.59 Å². The van der Waals surface area contributed by atoms with Crippen molar-refractivity contribution < 1.29 is 14.3 Å². The lowest BCUT2D eigenvalue weighted by Gasteiger charge is -2.24. The molecule has 118 valence electrons. The molecule has 1 rings (SSSR count). The largest absolute Gasteiger partial charge is 0.460 e. The molecule has 0 aromatic rings. The Balaban J connectivity index is 2.73. The topological polar surface area (TPSA) is 43.4 Å². The molecular weight excluding hydrogens is 264 g/mol. The molecule has 1 atom stereocenters. The van der Waals surface area contributed by atoms with E-state index in [1.54, 1.807) is 0 Å². The molecule has 1 aliphatic rings. The lowest BCUT2D eigenvalue weighted by Crippen LogP contribution is -2.36. The van der Waals surface area contributed by atoms with Crippen molar-refractivity contribution in [3.8, 4) is 0 Å². The molecule has 1 unspecified atom stereocenters. The molecule has 0 aromatic heterocycles. The maximum absolute atomic E-state index is 12.5. The molecule has 1 fully saturated rings. The van der Waals surface area contributed by atoms with E-state index in [0.717, 1.165) is 31.3 Å². The highest BCUT2D eigenvalue weighted by Gasteiger charge is 2.48. The number of carbonyl (C=O) groups is 2. The van der Waals surface area contributed by atoms with E-state index >= 15 is 0 Å². The van der Waals surface area contributed by atoms with Gasteiger partial charge in [0.25, 0.3) is 0 Å². The SMILES string of the molecule is CC=C(CC)COC(=O)C1(CC=CCCC)CCCC1=O. The number of carbonyl (C=O) groups excluding carboxylic acids is 2. The minimum Gasteiger partial charge on any atom is -0.460 e. The Morgan fingerprint density at radius 1 is 1.33 bits per heavy atom. The highest BCUT2D eigenvalue weighted by atomic mass is 16.5. The van der Waals surface area contributed by atoms with Gasteiger partial charge >= 0.3 is 5.97 Å². The first kappa shape index (κ1) is 17.7. The van der Waals surface area contributed by atoms with Crippen molar-refractivity contribution in [3.05, 3.63) is 23.8 Å². The summed E-state index contributed by atoms with van der Waals surface area (Å²) in [6, 6.07) is 0. The van der Waals surface area contributed by atoms with Crippen LogP contribution in [0.4, 0.5) is 0 Å². The molecular formula is C18H28O3. The molecule has 0 bridgehead atoms. The fraction of sp³-hybridized carbons (Fsp3) is 0.667. The normalized spacial score (nSPS) is 23.0. The molecule has 1 saturated carbocycles. The summed E-state index contributed by atoms with van der Waals surface area (Å²) in [6.07, 6.45) is 11.3. The molecule has 0 radical (unpaired) electrons. The summed E-state index contributed by atoms with van der Waals surface area (Å²) in [5.41, 5.74) is 0.169. The molecule has 0 spiro atoms. The summed E-state index contributed by atoms with van der Waals surface area (Å²) < 4.78 is 5.44. The average molecular weight is 292 g/mol.